The maximum atomic E-state index is 12.1. The topological polar surface area (TPSA) is 55.1 Å². The predicted octanol–water partition coefficient (Wildman–Crippen LogP) is 3.84. The average molecular weight is 414 g/mol. The molecule has 6 heteroatoms. The van der Waals surface area contributed by atoms with E-state index >= 15 is 0 Å². The number of hydrogen-bond donors (Lipinski definition) is 2. The maximum Gasteiger partial charge on any atom is 0.257 e. The summed E-state index contributed by atoms with van der Waals surface area (Å²) in [5.41, 5.74) is 7.51. The summed E-state index contributed by atoms with van der Waals surface area (Å²) in [4.78, 5) is 12.1. The smallest absolute Gasteiger partial charge is 0.257 e. The molecule has 0 saturated heterocycles. The summed E-state index contributed by atoms with van der Waals surface area (Å²) in [6.45, 7) is 0.333. The van der Waals surface area contributed by atoms with Crippen LogP contribution in [0.3, 0.4) is 0 Å². The number of carbonyl (C=O) groups excluding carboxylic acids is 1. The van der Waals surface area contributed by atoms with Gasteiger partial charge in [0.25, 0.3) is 5.91 Å². The third-order valence-corrected chi connectivity index (χ3v) is 4.72. The fourth-order valence-corrected chi connectivity index (χ4v) is 4.28. The molecule has 1 aromatic carbocycles. The molecule has 1 aromatic heterocycles. The van der Waals surface area contributed by atoms with E-state index in [1.54, 1.807) is 6.07 Å². The summed E-state index contributed by atoms with van der Waals surface area (Å²) in [6, 6.07) is 9.10. The number of amides is 1. The van der Waals surface area contributed by atoms with Crippen LogP contribution < -0.4 is 11.1 Å². The first-order valence-corrected chi connectivity index (χ1v) is 8.05. The second-order valence-electron chi connectivity index (χ2n) is 3.78. The third kappa shape index (κ3) is 3.93. The average Bonchev–Trinajstić information content (AvgIpc) is 2.77. The Kier molecular flexibility index (Phi) is 5.38. The van der Waals surface area contributed by atoms with Gasteiger partial charge in [0.1, 0.15) is 0 Å². The van der Waals surface area contributed by atoms with Gasteiger partial charge in [-0.05, 0) is 62.2 Å². The molecule has 0 atom stereocenters. The molecule has 2 rings (SSSR count). The van der Waals surface area contributed by atoms with Gasteiger partial charge in [-0.15, -0.1) is 11.3 Å². The van der Waals surface area contributed by atoms with Crippen LogP contribution in [0, 0.1) is 11.8 Å². The van der Waals surface area contributed by atoms with Crippen molar-refractivity contribution in [3.05, 3.63) is 49.0 Å². The lowest BCUT2D eigenvalue weighted by atomic mass is 10.2. The molecule has 0 radical (unpaired) electrons. The zero-order chi connectivity index (χ0) is 14.5. The Balaban J connectivity index is 2.10. The van der Waals surface area contributed by atoms with Crippen molar-refractivity contribution in [2.75, 3.05) is 11.9 Å². The fourth-order valence-electron chi connectivity index (χ4n) is 1.48. The minimum Gasteiger partial charge on any atom is -0.322 e. The summed E-state index contributed by atoms with van der Waals surface area (Å²) >= 11 is 8.18. The molecule has 102 valence electrons. The van der Waals surface area contributed by atoms with Crippen LogP contribution in [0.2, 0.25) is 0 Å². The quantitative estimate of drug-likeness (QED) is 0.735. The van der Waals surface area contributed by atoms with Crippen LogP contribution in [0.5, 0.6) is 0 Å². The van der Waals surface area contributed by atoms with Crippen molar-refractivity contribution < 1.29 is 4.79 Å². The number of thiophene rings is 1. The van der Waals surface area contributed by atoms with Gasteiger partial charge >= 0.3 is 0 Å². The van der Waals surface area contributed by atoms with E-state index in [-0.39, 0.29) is 5.91 Å². The number of benzene rings is 1. The summed E-state index contributed by atoms with van der Waals surface area (Å²) in [5, 5.41) is 2.84. The van der Waals surface area contributed by atoms with Crippen molar-refractivity contribution in [1.29, 1.82) is 0 Å². The van der Waals surface area contributed by atoms with E-state index < -0.39 is 0 Å². The molecule has 0 fully saturated rings. The highest BCUT2D eigenvalue weighted by atomic mass is 79.9. The fraction of sp³-hybridized carbons (Fsp3) is 0.0714. The van der Waals surface area contributed by atoms with Crippen molar-refractivity contribution in [2.24, 2.45) is 5.73 Å². The molecule has 0 aliphatic heterocycles. The standard InChI is InChI=1S/C14H10Br2N2OS/c15-12-8-11(13(16)20-12)14(19)18-10-5-3-9(4-6-10)2-1-7-17/h3-6,8H,7,17H2,(H,18,19). The summed E-state index contributed by atoms with van der Waals surface area (Å²) in [5.74, 6) is 5.56. The van der Waals surface area contributed by atoms with Gasteiger partial charge in [-0.2, -0.15) is 0 Å². The molecule has 2 aromatic rings. The van der Waals surface area contributed by atoms with Crippen LogP contribution in [-0.4, -0.2) is 12.5 Å². The van der Waals surface area contributed by atoms with Crippen LogP contribution in [0.4, 0.5) is 5.69 Å². The van der Waals surface area contributed by atoms with E-state index in [0.29, 0.717) is 12.1 Å². The van der Waals surface area contributed by atoms with Gasteiger partial charge < -0.3 is 11.1 Å². The van der Waals surface area contributed by atoms with Crippen LogP contribution in [0.15, 0.2) is 37.9 Å². The molecule has 3 nitrogen and oxygen atoms in total. The second kappa shape index (κ2) is 7.04. The Bertz CT molecular complexity index is 683. The van der Waals surface area contributed by atoms with Gasteiger partial charge in [0.15, 0.2) is 0 Å². The normalized spacial score (nSPS) is 9.75. The molecule has 0 aliphatic rings. The zero-order valence-electron chi connectivity index (χ0n) is 10.2. The van der Waals surface area contributed by atoms with Crippen molar-refractivity contribution in [3.8, 4) is 11.8 Å². The highest BCUT2D eigenvalue weighted by Crippen LogP contribution is 2.32. The van der Waals surface area contributed by atoms with Gasteiger partial charge in [-0.1, -0.05) is 11.8 Å². The lowest BCUT2D eigenvalue weighted by molar-refractivity contribution is 0.102. The summed E-state index contributed by atoms with van der Waals surface area (Å²) in [7, 11) is 0. The minimum absolute atomic E-state index is 0.153. The van der Waals surface area contributed by atoms with Crippen molar-refractivity contribution in [2.45, 2.75) is 0 Å². The number of anilines is 1. The molecule has 1 heterocycles. The predicted molar refractivity (Wildman–Crippen MR) is 90.0 cm³/mol. The molecule has 3 N–H and O–H groups in total. The molecule has 0 bridgehead atoms. The van der Waals surface area contributed by atoms with Gasteiger partial charge in [-0.25, -0.2) is 0 Å². The first kappa shape index (κ1) is 15.3. The van der Waals surface area contributed by atoms with Crippen molar-refractivity contribution in [3.63, 3.8) is 0 Å². The number of halogens is 2. The van der Waals surface area contributed by atoms with E-state index in [0.717, 1.165) is 18.8 Å². The Labute approximate surface area is 137 Å². The van der Waals surface area contributed by atoms with Crippen LogP contribution >= 0.6 is 43.2 Å². The molecule has 0 spiro atoms. The Morgan fingerprint density at radius 3 is 2.55 bits per heavy atom. The molecule has 0 saturated carbocycles. The van der Waals surface area contributed by atoms with E-state index in [1.807, 2.05) is 24.3 Å². The lowest BCUT2D eigenvalue weighted by Crippen LogP contribution is -2.11. The van der Waals surface area contributed by atoms with Crippen LogP contribution in [0.1, 0.15) is 15.9 Å². The first-order valence-electron chi connectivity index (χ1n) is 5.65. The first-order chi connectivity index (χ1) is 9.60. The summed E-state index contributed by atoms with van der Waals surface area (Å²) < 4.78 is 1.70. The van der Waals surface area contributed by atoms with Gasteiger partial charge in [0, 0.05) is 11.3 Å². The van der Waals surface area contributed by atoms with E-state index in [9.17, 15) is 4.79 Å². The highest BCUT2D eigenvalue weighted by molar-refractivity contribution is 9.12. The SMILES string of the molecule is NCC#Cc1ccc(NC(=O)c2cc(Br)sc2Br)cc1. The third-order valence-electron chi connectivity index (χ3n) is 2.38. The largest absolute Gasteiger partial charge is 0.322 e. The Hall–Kier alpha value is -1.13. The second-order valence-corrected chi connectivity index (χ2v) is 7.52. The number of carbonyl (C=O) groups is 1. The molecular weight excluding hydrogens is 404 g/mol. The molecule has 1 amide bonds. The van der Waals surface area contributed by atoms with Crippen LogP contribution in [0.25, 0.3) is 0 Å². The minimum atomic E-state index is -0.153. The molecular formula is C14H10Br2N2OS. The van der Waals surface area contributed by atoms with Gasteiger partial charge in [0.2, 0.25) is 0 Å². The zero-order valence-corrected chi connectivity index (χ0v) is 14.2. The molecule has 0 aliphatic carbocycles. The lowest BCUT2D eigenvalue weighted by Gasteiger charge is -2.04. The van der Waals surface area contributed by atoms with Gasteiger partial charge in [-0.3, -0.25) is 4.79 Å². The Morgan fingerprint density at radius 1 is 1.30 bits per heavy atom. The number of hydrogen-bond acceptors (Lipinski definition) is 3. The van der Waals surface area contributed by atoms with E-state index in [2.05, 4.69) is 49.0 Å². The number of nitrogens with one attached hydrogen (secondary N) is 1. The van der Waals surface area contributed by atoms with Crippen molar-refractivity contribution >= 4 is 54.8 Å². The Morgan fingerprint density at radius 2 is 2.00 bits per heavy atom. The number of nitrogens with two attached hydrogens (primary N) is 1. The van der Waals surface area contributed by atoms with E-state index in [1.165, 1.54) is 11.3 Å². The maximum absolute atomic E-state index is 12.1. The molecule has 0 unspecified atom stereocenters. The van der Waals surface area contributed by atoms with Crippen LogP contribution in [-0.2, 0) is 0 Å². The molecule has 20 heavy (non-hydrogen) atoms. The van der Waals surface area contributed by atoms with Crippen molar-refractivity contribution in [1.82, 2.24) is 0 Å². The number of rotatable bonds is 2. The highest BCUT2D eigenvalue weighted by Gasteiger charge is 2.13. The van der Waals surface area contributed by atoms with Gasteiger partial charge in [0.05, 0.1) is 19.7 Å². The summed E-state index contributed by atoms with van der Waals surface area (Å²) in [6.07, 6.45) is 0. The van der Waals surface area contributed by atoms with E-state index in [4.69, 9.17) is 5.73 Å². The monoisotopic (exact) mass is 412 g/mol.